The molecule has 1 aromatic heterocycles. The monoisotopic (exact) mass is 312 g/mol. The van der Waals surface area contributed by atoms with E-state index in [0.29, 0.717) is 13.1 Å². The fourth-order valence-corrected chi connectivity index (χ4v) is 2.71. The molecule has 6 heteroatoms. The Kier molecular flexibility index (Phi) is 4.25. The summed E-state index contributed by atoms with van der Waals surface area (Å²) in [6, 6.07) is 9.63. The van der Waals surface area contributed by atoms with Gasteiger partial charge in [-0.15, -0.1) is 0 Å². The fraction of sp³-hybridized carbons (Fsp3) is 0.353. The molecule has 1 N–H and O–H groups in total. The van der Waals surface area contributed by atoms with Gasteiger partial charge < -0.3 is 10.2 Å². The van der Waals surface area contributed by atoms with Crippen LogP contribution in [0, 0.1) is 0 Å². The first-order valence-corrected chi connectivity index (χ1v) is 7.65. The van der Waals surface area contributed by atoms with Gasteiger partial charge in [0.15, 0.2) is 0 Å². The Morgan fingerprint density at radius 3 is 2.83 bits per heavy atom. The van der Waals surface area contributed by atoms with Crippen LogP contribution in [0.4, 0.5) is 5.69 Å². The van der Waals surface area contributed by atoms with E-state index >= 15 is 0 Å². The number of rotatable bonds is 3. The van der Waals surface area contributed by atoms with Crippen molar-refractivity contribution in [3.05, 3.63) is 36.0 Å². The average molecular weight is 312 g/mol. The van der Waals surface area contributed by atoms with Gasteiger partial charge in [-0.3, -0.25) is 19.5 Å². The molecule has 0 bridgehead atoms. The molecule has 6 nitrogen and oxygen atoms in total. The van der Waals surface area contributed by atoms with E-state index in [2.05, 4.69) is 15.2 Å². The highest BCUT2D eigenvalue weighted by Crippen LogP contribution is 2.19. The van der Waals surface area contributed by atoms with E-state index in [1.165, 1.54) is 6.92 Å². The van der Waals surface area contributed by atoms with Crippen molar-refractivity contribution in [2.24, 2.45) is 0 Å². The fourth-order valence-electron chi connectivity index (χ4n) is 2.71. The predicted molar refractivity (Wildman–Crippen MR) is 89.0 cm³/mol. The number of benzene rings is 1. The van der Waals surface area contributed by atoms with E-state index < -0.39 is 0 Å². The van der Waals surface area contributed by atoms with Crippen molar-refractivity contribution in [2.45, 2.75) is 13.5 Å². The summed E-state index contributed by atoms with van der Waals surface area (Å²) in [5.41, 5.74) is 2.60. The molecule has 1 fully saturated rings. The molecule has 1 aliphatic rings. The molecule has 2 aromatic rings. The minimum absolute atomic E-state index is 0.0892. The van der Waals surface area contributed by atoms with Gasteiger partial charge in [-0.25, -0.2) is 0 Å². The highest BCUT2D eigenvalue weighted by molar-refractivity contribution is 5.92. The third-order valence-electron chi connectivity index (χ3n) is 3.99. The van der Waals surface area contributed by atoms with Crippen molar-refractivity contribution in [2.75, 3.05) is 32.0 Å². The van der Waals surface area contributed by atoms with Crippen LogP contribution in [0.25, 0.3) is 10.9 Å². The number of anilines is 1. The Hall–Kier alpha value is -2.47. The van der Waals surface area contributed by atoms with Crippen LogP contribution in [0.1, 0.15) is 12.6 Å². The Balaban J connectivity index is 1.75. The summed E-state index contributed by atoms with van der Waals surface area (Å²) in [7, 11) is 1.83. The molecule has 0 atom stereocenters. The molecule has 0 aliphatic carbocycles. The Morgan fingerprint density at radius 2 is 2.09 bits per heavy atom. The van der Waals surface area contributed by atoms with Crippen LogP contribution in [0.2, 0.25) is 0 Å². The summed E-state index contributed by atoms with van der Waals surface area (Å²) in [6.45, 7) is 4.22. The van der Waals surface area contributed by atoms with Crippen molar-refractivity contribution >= 4 is 28.4 Å². The topological polar surface area (TPSA) is 65.5 Å². The first-order chi connectivity index (χ1) is 11.0. The number of hydrogen-bond donors (Lipinski definition) is 1. The summed E-state index contributed by atoms with van der Waals surface area (Å²) in [5.74, 6) is 0.0608. The zero-order valence-electron chi connectivity index (χ0n) is 13.4. The normalized spacial score (nSPS) is 15.9. The number of hydrogen-bond acceptors (Lipinski definition) is 4. The van der Waals surface area contributed by atoms with E-state index in [-0.39, 0.29) is 11.8 Å². The number of carbonyl (C=O) groups is 2. The smallest absolute Gasteiger partial charge is 0.236 e. The summed E-state index contributed by atoms with van der Waals surface area (Å²) >= 11 is 0. The SMILES string of the molecule is CC(=O)Nc1ccc2nc(CN3CCN(C)C(=O)C3)ccc2c1. The van der Waals surface area contributed by atoms with E-state index in [0.717, 1.165) is 35.4 Å². The summed E-state index contributed by atoms with van der Waals surface area (Å²) in [4.78, 5) is 31.4. The first-order valence-electron chi connectivity index (χ1n) is 7.65. The lowest BCUT2D eigenvalue weighted by Crippen LogP contribution is -2.48. The minimum atomic E-state index is -0.0892. The van der Waals surface area contributed by atoms with Gasteiger partial charge in [-0.1, -0.05) is 6.07 Å². The van der Waals surface area contributed by atoms with Crippen LogP contribution in [0.15, 0.2) is 30.3 Å². The summed E-state index contributed by atoms with van der Waals surface area (Å²) < 4.78 is 0. The molecule has 120 valence electrons. The largest absolute Gasteiger partial charge is 0.343 e. The molecule has 1 aromatic carbocycles. The van der Waals surface area contributed by atoms with Crippen LogP contribution < -0.4 is 5.32 Å². The van der Waals surface area contributed by atoms with Crippen molar-refractivity contribution in [3.8, 4) is 0 Å². The molecular formula is C17H20N4O2. The first kappa shape index (κ1) is 15.4. The number of likely N-dealkylation sites (N-methyl/N-ethyl adjacent to an activating group) is 1. The number of pyridine rings is 1. The average Bonchev–Trinajstić information content (AvgIpc) is 2.50. The van der Waals surface area contributed by atoms with Crippen LogP contribution >= 0.6 is 0 Å². The Labute approximate surface area is 135 Å². The lowest BCUT2D eigenvalue weighted by atomic mass is 10.1. The second-order valence-electron chi connectivity index (χ2n) is 5.92. The molecular weight excluding hydrogens is 292 g/mol. The molecule has 3 rings (SSSR count). The number of nitrogens with one attached hydrogen (secondary N) is 1. The maximum absolute atomic E-state index is 11.8. The second kappa shape index (κ2) is 6.34. The molecule has 0 radical (unpaired) electrons. The van der Waals surface area contributed by atoms with Crippen LogP contribution in [-0.4, -0.2) is 53.3 Å². The third kappa shape index (κ3) is 3.65. The van der Waals surface area contributed by atoms with E-state index in [4.69, 9.17) is 0 Å². The number of carbonyl (C=O) groups excluding carboxylic acids is 2. The highest BCUT2D eigenvalue weighted by atomic mass is 16.2. The Morgan fingerprint density at radius 1 is 1.26 bits per heavy atom. The lowest BCUT2D eigenvalue weighted by molar-refractivity contribution is -0.134. The molecule has 23 heavy (non-hydrogen) atoms. The molecule has 2 heterocycles. The Bertz CT molecular complexity index is 759. The van der Waals surface area contributed by atoms with Crippen LogP contribution in [0.5, 0.6) is 0 Å². The molecule has 1 saturated heterocycles. The number of aromatic nitrogens is 1. The zero-order valence-corrected chi connectivity index (χ0v) is 13.4. The maximum Gasteiger partial charge on any atom is 0.236 e. The number of fused-ring (bicyclic) bond motifs is 1. The van der Waals surface area contributed by atoms with Crippen LogP contribution in [-0.2, 0) is 16.1 Å². The van der Waals surface area contributed by atoms with Crippen molar-refractivity contribution in [1.82, 2.24) is 14.8 Å². The molecule has 2 amide bonds. The predicted octanol–water partition coefficient (Wildman–Crippen LogP) is 1.47. The van der Waals surface area contributed by atoms with Gasteiger partial charge >= 0.3 is 0 Å². The summed E-state index contributed by atoms with van der Waals surface area (Å²) in [5, 5.41) is 3.75. The van der Waals surface area contributed by atoms with Gasteiger partial charge in [0.1, 0.15) is 0 Å². The van der Waals surface area contributed by atoms with Crippen molar-refractivity contribution in [1.29, 1.82) is 0 Å². The molecule has 0 saturated carbocycles. The molecule has 0 spiro atoms. The van der Waals surface area contributed by atoms with Crippen molar-refractivity contribution < 1.29 is 9.59 Å². The zero-order chi connectivity index (χ0) is 16.4. The highest BCUT2D eigenvalue weighted by Gasteiger charge is 2.21. The number of nitrogens with zero attached hydrogens (tertiary/aromatic N) is 3. The van der Waals surface area contributed by atoms with E-state index in [9.17, 15) is 9.59 Å². The van der Waals surface area contributed by atoms with Crippen molar-refractivity contribution in [3.63, 3.8) is 0 Å². The quantitative estimate of drug-likeness (QED) is 0.932. The van der Waals surface area contributed by atoms with Gasteiger partial charge in [0.05, 0.1) is 17.8 Å². The minimum Gasteiger partial charge on any atom is -0.343 e. The second-order valence-corrected chi connectivity index (χ2v) is 5.92. The number of piperazine rings is 1. The molecule has 1 aliphatic heterocycles. The summed E-state index contributed by atoms with van der Waals surface area (Å²) in [6.07, 6.45) is 0. The van der Waals surface area contributed by atoms with Gasteiger partial charge in [-0.05, 0) is 24.3 Å². The standard InChI is InChI=1S/C17H20N4O2/c1-12(22)18-14-5-6-16-13(9-14)3-4-15(19-16)10-21-8-7-20(2)17(23)11-21/h3-6,9H,7-8,10-11H2,1-2H3,(H,18,22). The maximum atomic E-state index is 11.8. The lowest BCUT2D eigenvalue weighted by Gasteiger charge is -2.31. The van der Waals surface area contributed by atoms with Gasteiger partial charge in [0, 0.05) is 44.7 Å². The van der Waals surface area contributed by atoms with Gasteiger partial charge in [-0.2, -0.15) is 0 Å². The van der Waals surface area contributed by atoms with Crippen LogP contribution in [0.3, 0.4) is 0 Å². The van der Waals surface area contributed by atoms with E-state index in [1.54, 1.807) is 4.90 Å². The van der Waals surface area contributed by atoms with Gasteiger partial charge in [0.25, 0.3) is 0 Å². The number of amides is 2. The van der Waals surface area contributed by atoms with Gasteiger partial charge in [0.2, 0.25) is 11.8 Å². The van der Waals surface area contributed by atoms with E-state index in [1.807, 2.05) is 37.4 Å². The third-order valence-corrected chi connectivity index (χ3v) is 3.99. The molecule has 0 unspecified atom stereocenters.